The fourth-order valence-electron chi connectivity index (χ4n) is 2.54. The molecule has 0 atom stereocenters. The van der Waals surface area contributed by atoms with Gasteiger partial charge in [-0.1, -0.05) is 76.8 Å². The zero-order valence-corrected chi connectivity index (χ0v) is 14.1. The van der Waals surface area contributed by atoms with Crippen LogP contribution < -0.4 is 4.74 Å². The smallest absolute Gasteiger partial charge is 0.119 e. The van der Waals surface area contributed by atoms with Gasteiger partial charge in [-0.25, -0.2) is 4.89 Å². The van der Waals surface area contributed by atoms with Gasteiger partial charge in [0.2, 0.25) is 0 Å². The Morgan fingerprint density at radius 3 is 1.86 bits per heavy atom. The highest BCUT2D eigenvalue weighted by Crippen LogP contribution is 2.14. The van der Waals surface area contributed by atoms with Crippen LogP contribution in [0.3, 0.4) is 0 Å². The molecular weight excluding hydrogens is 276 g/mol. The summed E-state index contributed by atoms with van der Waals surface area (Å²) in [4.78, 5) is 4.10. The summed E-state index contributed by atoms with van der Waals surface area (Å²) in [5.41, 5.74) is 0.939. The van der Waals surface area contributed by atoms with Crippen LogP contribution in [0.25, 0.3) is 0 Å². The highest BCUT2D eigenvalue weighted by atomic mass is 17.1. The number of hydrogen-bond acceptors (Lipinski definition) is 3. The van der Waals surface area contributed by atoms with Crippen LogP contribution in [0.4, 0.5) is 0 Å². The molecule has 0 heterocycles. The molecule has 0 spiro atoms. The highest BCUT2D eigenvalue weighted by Gasteiger charge is 1.97. The molecule has 3 heteroatoms. The molecule has 0 saturated heterocycles. The number of unbranched alkanes of at least 4 members (excludes halogenated alkanes) is 9. The SMILES string of the molecule is CCCCCCCCCCCCOc1ccc(COO)cc1. The minimum Gasteiger partial charge on any atom is -0.494 e. The number of benzene rings is 1. The Balaban J connectivity index is 1.90. The third-order valence-electron chi connectivity index (χ3n) is 3.92. The van der Waals surface area contributed by atoms with E-state index in [0.29, 0.717) is 0 Å². The van der Waals surface area contributed by atoms with Crippen molar-refractivity contribution < 1.29 is 14.9 Å². The first-order valence-corrected chi connectivity index (χ1v) is 8.85. The first-order valence-electron chi connectivity index (χ1n) is 8.85. The lowest BCUT2D eigenvalue weighted by Crippen LogP contribution is -1.97. The summed E-state index contributed by atoms with van der Waals surface area (Å²) in [5.74, 6) is 0.887. The highest BCUT2D eigenvalue weighted by molar-refractivity contribution is 5.26. The maximum Gasteiger partial charge on any atom is 0.119 e. The Morgan fingerprint density at radius 1 is 0.773 bits per heavy atom. The lowest BCUT2D eigenvalue weighted by atomic mass is 10.1. The van der Waals surface area contributed by atoms with Crippen LogP contribution in [-0.4, -0.2) is 11.9 Å². The first kappa shape index (κ1) is 19.0. The van der Waals surface area contributed by atoms with E-state index in [-0.39, 0.29) is 6.61 Å². The van der Waals surface area contributed by atoms with Gasteiger partial charge in [0.15, 0.2) is 0 Å². The molecule has 126 valence electrons. The number of hydrogen-bond donors (Lipinski definition) is 1. The molecule has 0 amide bonds. The lowest BCUT2D eigenvalue weighted by Gasteiger charge is -2.07. The van der Waals surface area contributed by atoms with Crippen molar-refractivity contribution in [3.05, 3.63) is 29.8 Å². The van der Waals surface area contributed by atoms with E-state index >= 15 is 0 Å². The van der Waals surface area contributed by atoms with Crippen LogP contribution in [0.15, 0.2) is 24.3 Å². The van der Waals surface area contributed by atoms with Gasteiger partial charge in [-0.15, -0.1) is 0 Å². The van der Waals surface area contributed by atoms with Gasteiger partial charge in [-0.05, 0) is 24.1 Å². The third kappa shape index (κ3) is 9.80. The largest absolute Gasteiger partial charge is 0.494 e. The lowest BCUT2D eigenvalue weighted by molar-refractivity contribution is -0.253. The van der Waals surface area contributed by atoms with Crippen LogP contribution in [-0.2, 0) is 11.5 Å². The molecule has 1 aromatic rings. The summed E-state index contributed by atoms with van der Waals surface area (Å²) in [7, 11) is 0. The molecule has 3 nitrogen and oxygen atoms in total. The van der Waals surface area contributed by atoms with Crippen LogP contribution in [0.1, 0.15) is 76.7 Å². The summed E-state index contributed by atoms with van der Waals surface area (Å²) in [6.07, 6.45) is 13.4. The van der Waals surface area contributed by atoms with Crippen molar-refractivity contribution in [2.24, 2.45) is 0 Å². The van der Waals surface area contributed by atoms with E-state index in [0.717, 1.165) is 24.3 Å². The summed E-state index contributed by atoms with van der Waals surface area (Å²) >= 11 is 0. The molecule has 22 heavy (non-hydrogen) atoms. The topological polar surface area (TPSA) is 38.7 Å². The average molecular weight is 308 g/mol. The van der Waals surface area contributed by atoms with Crippen molar-refractivity contribution in [1.82, 2.24) is 0 Å². The molecule has 1 aromatic carbocycles. The molecule has 0 radical (unpaired) electrons. The van der Waals surface area contributed by atoms with Crippen molar-refractivity contribution >= 4 is 0 Å². The Hall–Kier alpha value is -1.06. The minimum atomic E-state index is 0.221. The number of rotatable bonds is 14. The third-order valence-corrected chi connectivity index (χ3v) is 3.92. The zero-order valence-electron chi connectivity index (χ0n) is 14.1. The Kier molecular flexibility index (Phi) is 11.7. The molecule has 1 N–H and O–H groups in total. The quantitative estimate of drug-likeness (QED) is 0.261. The molecule has 0 unspecified atom stereocenters. The van der Waals surface area contributed by atoms with Crippen molar-refractivity contribution in [1.29, 1.82) is 0 Å². The normalized spacial score (nSPS) is 10.8. The van der Waals surface area contributed by atoms with Gasteiger partial charge >= 0.3 is 0 Å². The van der Waals surface area contributed by atoms with E-state index in [4.69, 9.17) is 9.99 Å². The second kappa shape index (κ2) is 13.6. The van der Waals surface area contributed by atoms with Gasteiger partial charge in [0.1, 0.15) is 12.4 Å². The maximum atomic E-state index is 8.37. The first-order chi connectivity index (χ1) is 10.9. The summed E-state index contributed by atoms with van der Waals surface area (Å²) in [6, 6.07) is 7.66. The molecule has 0 aliphatic heterocycles. The van der Waals surface area contributed by atoms with Crippen LogP contribution in [0.2, 0.25) is 0 Å². The predicted molar refractivity (Wildman–Crippen MR) is 91.2 cm³/mol. The second-order valence-electron chi connectivity index (χ2n) is 5.95. The Labute approximate surface area is 135 Å². The summed E-state index contributed by atoms with van der Waals surface area (Å²) in [6.45, 7) is 3.27. The van der Waals surface area contributed by atoms with Gasteiger partial charge in [0.05, 0.1) is 6.61 Å². The second-order valence-corrected chi connectivity index (χ2v) is 5.95. The molecule has 1 rings (SSSR count). The van der Waals surface area contributed by atoms with Crippen LogP contribution in [0, 0.1) is 0 Å². The molecule has 0 aliphatic rings. The van der Waals surface area contributed by atoms with Crippen molar-refractivity contribution in [2.45, 2.75) is 77.7 Å². The summed E-state index contributed by atoms with van der Waals surface area (Å²) in [5, 5.41) is 8.37. The van der Waals surface area contributed by atoms with Crippen molar-refractivity contribution in [2.75, 3.05) is 6.61 Å². The van der Waals surface area contributed by atoms with E-state index in [9.17, 15) is 0 Å². The van der Waals surface area contributed by atoms with Crippen LogP contribution in [0.5, 0.6) is 5.75 Å². The molecular formula is C19H32O3. The van der Waals surface area contributed by atoms with Crippen molar-refractivity contribution in [3.63, 3.8) is 0 Å². The van der Waals surface area contributed by atoms with E-state index in [1.807, 2.05) is 24.3 Å². The monoisotopic (exact) mass is 308 g/mol. The average Bonchev–Trinajstić information content (AvgIpc) is 2.54. The van der Waals surface area contributed by atoms with Gasteiger partial charge in [-0.3, -0.25) is 5.26 Å². The maximum absolute atomic E-state index is 8.37. The van der Waals surface area contributed by atoms with Gasteiger partial charge in [0.25, 0.3) is 0 Å². The van der Waals surface area contributed by atoms with Gasteiger partial charge < -0.3 is 4.74 Å². The summed E-state index contributed by atoms with van der Waals surface area (Å²) < 4.78 is 5.71. The van der Waals surface area contributed by atoms with E-state index < -0.39 is 0 Å². The Bertz CT molecular complexity index is 348. The van der Waals surface area contributed by atoms with Gasteiger partial charge in [-0.2, -0.15) is 0 Å². The zero-order chi connectivity index (χ0) is 15.9. The van der Waals surface area contributed by atoms with Crippen LogP contribution >= 0.6 is 0 Å². The molecule has 0 bridgehead atoms. The molecule has 0 aliphatic carbocycles. The van der Waals surface area contributed by atoms with E-state index in [2.05, 4.69) is 11.8 Å². The molecule has 0 fully saturated rings. The molecule has 0 saturated carbocycles. The fraction of sp³-hybridized carbons (Fsp3) is 0.684. The fourth-order valence-corrected chi connectivity index (χ4v) is 2.54. The molecule has 0 aromatic heterocycles. The standard InChI is InChI=1S/C19H32O3/c1-2-3-4-5-6-7-8-9-10-11-16-21-19-14-12-18(13-15-19)17-22-20/h12-15,20H,2-11,16-17H2,1H3. The van der Waals surface area contributed by atoms with E-state index in [1.165, 1.54) is 57.8 Å². The number of ether oxygens (including phenoxy) is 1. The van der Waals surface area contributed by atoms with Gasteiger partial charge in [0, 0.05) is 0 Å². The van der Waals surface area contributed by atoms with Crippen molar-refractivity contribution in [3.8, 4) is 5.75 Å². The predicted octanol–water partition coefficient (Wildman–Crippen LogP) is 5.98. The Morgan fingerprint density at radius 2 is 1.32 bits per heavy atom. The van der Waals surface area contributed by atoms with E-state index in [1.54, 1.807) is 0 Å². The minimum absolute atomic E-state index is 0.221.